The third-order valence-electron chi connectivity index (χ3n) is 3.03. The monoisotopic (exact) mass is 347 g/mol. The summed E-state index contributed by atoms with van der Waals surface area (Å²) in [6.07, 6.45) is 0. The van der Waals surface area contributed by atoms with Gasteiger partial charge in [-0.05, 0) is 47.0 Å². The Kier molecular flexibility index (Phi) is 9.05. The molecule has 5 nitrogen and oxygen atoms in total. The van der Waals surface area contributed by atoms with Gasteiger partial charge in [0.25, 0.3) is 0 Å². The van der Waals surface area contributed by atoms with Crippen LogP contribution in [0.25, 0.3) is 0 Å². The summed E-state index contributed by atoms with van der Waals surface area (Å²) in [5.41, 5.74) is -0.774. The first kappa shape index (κ1) is 22.6. The average molecular weight is 347 g/mol. The van der Waals surface area contributed by atoms with Crippen molar-refractivity contribution in [3.05, 3.63) is 0 Å². The van der Waals surface area contributed by atoms with E-state index >= 15 is 0 Å². The molecule has 0 bridgehead atoms. The van der Waals surface area contributed by atoms with Crippen molar-refractivity contribution < 1.29 is 18.5 Å². The fourth-order valence-corrected chi connectivity index (χ4v) is 4.99. The molecule has 1 unspecified atom stereocenters. The van der Waals surface area contributed by atoms with E-state index in [0.717, 1.165) is 0 Å². The van der Waals surface area contributed by atoms with Crippen LogP contribution < -0.4 is 0 Å². The van der Waals surface area contributed by atoms with E-state index in [0.29, 0.717) is 13.2 Å². The molecule has 0 N–H and O–H groups in total. The van der Waals surface area contributed by atoms with Gasteiger partial charge in [-0.1, -0.05) is 26.7 Å². The largest absolute Gasteiger partial charge is 0.350 e. The van der Waals surface area contributed by atoms with Crippen LogP contribution in [0.2, 0.25) is 0 Å². The van der Waals surface area contributed by atoms with Gasteiger partial charge >= 0.3 is 7.60 Å². The third-order valence-corrected chi connectivity index (χ3v) is 5.85. The minimum atomic E-state index is -3.40. The van der Waals surface area contributed by atoms with Crippen LogP contribution in [0.3, 0.4) is 0 Å². The Morgan fingerprint density at radius 1 is 1.04 bits per heavy atom. The molecule has 0 rings (SSSR count). The molecule has 23 heavy (non-hydrogen) atoms. The Morgan fingerprint density at radius 2 is 1.52 bits per heavy atom. The lowest BCUT2D eigenvalue weighted by Gasteiger charge is -2.47. The van der Waals surface area contributed by atoms with E-state index in [9.17, 15) is 4.57 Å². The van der Waals surface area contributed by atoms with Gasteiger partial charge in [-0.3, -0.25) is 9.40 Å². The van der Waals surface area contributed by atoms with Crippen LogP contribution in [-0.2, 0) is 18.5 Å². The molecule has 0 fully saturated rings. The standard InChI is InChI=1S/C17H34NO4P/c1-10-13-14-20-18(17(7,8)9)15(16(4,5)6)23(19,21-11-2)22-12-3/h15H,11-12,14H2,1-9H3. The van der Waals surface area contributed by atoms with Crippen LogP contribution in [0.15, 0.2) is 0 Å². The lowest BCUT2D eigenvalue weighted by atomic mass is 9.94. The molecule has 0 spiro atoms. The van der Waals surface area contributed by atoms with E-state index < -0.39 is 18.9 Å². The zero-order valence-corrected chi connectivity index (χ0v) is 17.1. The van der Waals surface area contributed by atoms with Crippen molar-refractivity contribution in [1.82, 2.24) is 5.06 Å². The average Bonchev–Trinajstić information content (AvgIpc) is 2.35. The number of rotatable bonds is 8. The molecule has 0 aliphatic heterocycles. The van der Waals surface area contributed by atoms with Gasteiger partial charge in [-0.15, -0.1) is 5.92 Å². The molecule has 0 saturated carbocycles. The molecule has 0 aliphatic rings. The van der Waals surface area contributed by atoms with Crippen LogP contribution in [0.4, 0.5) is 0 Å². The van der Waals surface area contributed by atoms with Gasteiger partial charge < -0.3 is 9.05 Å². The molecule has 0 heterocycles. The topological polar surface area (TPSA) is 48.0 Å². The summed E-state index contributed by atoms with van der Waals surface area (Å²) in [4.78, 5) is 5.90. The van der Waals surface area contributed by atoms with Gasteiger partial charge in [-0.2, -0.15) is 5.06 Å². The highest BCUT2D eigenvalue weighted by atomic mass is 31.2. The molecule has 0 aromatic rings. The number of hydrogen-bond acceptors (Lipinski definition) is 5. The fraction of sp³-hybridized carbons (Fsp3) is 0.882. The summed E-state index contributed by atoms with van der Waals surface area (Å²) in [7, 11) is -3.40. The summed E-state index contributed by atoms with van der Waals surface area (Å²) in [6, 6.07) is 0. The van der Waals surface area contributed by atoms with Crippen molar-refractivity contribution in [2.24, 2.45) is 5.41 Å². The second-order valence-electron chi connectivity index (χ2n) is 7.31. The summed E-state index contributed by atoms with van der Waals surface area (Å²) >= 11 is 0. The molecule has 0 aliphatic carbocycles. The molecule has 0 aromatic carbocycles. The number of hydrogen-bond donors (Lipinski definition) is 0. The first-order chi connectivity index (χ1) is 10.4. The normalized spacial score (nSPS) is 14.5. The van der Waals surface area contributed by atoms with Crippen LogP contribution >= 0.6 is 7.60 Å². The molecular formula is C17H34NO4P. The zero-order valence-electron chi connectivity index (χ0n) is 16.2. The summed E-state index contributed by atoms with van der Waals surface area (Å²) < 4.78 is 24.7. The molecule has 0 saturated heterocycles. The van der Waals surface area contributed by atoms with Crippen molar-refractivity contribution in [2.75, 3.05) is 19.8 Å². The lowest BCUT2D eigenvalue weighted by Crippen LogP contribution is -2.53. The van der Waals surface area contributed by atoms with Gasteiger partial charge in [0.2, 0.25) is 0 Å². The first-order valence-corrected chi connectivity index (χ1v) is 9.75. The molecule has 6 heteroatoms. The van der Waals surface area contributed by atoms with Crippen LogP contribution in [0.5, 0.6) is 0 Å². The van der Waals surface area contributed by atoms with Crippen molar-refractivity contribution in [3.63, 3.8) is 0 Å². The summed E-state index contributed by atoms with van der Waals surface area (Å²) in [6.45, 7) is 18.3. The maximum Gasteiger partial charge on any atom is 0.350 e. The molecule has 1 atom stereocenters. The smallest absolute Gasteiger partial charge is 0.308 e. The SMILES string of the molecule is CC#CCON(C(C(C)(C)C)P(=O)(OCC)OCC)C(C)(C)C. The van der Waals surface area contributed by atoms with Gasteiger partial charge in [0.05, 0.1) is 13.2 Å². The van der Waals surface area contributed by atoms with Gasteiger partial charge in [0.1, 0.15) is 12.4 Å². The minimum Gasteiger partial charge on any atom is -0.308 e. The molecule has 0 radical (unpaired) electrons. The second-order valence-corrected chi connectivity index (χ2v) is 9.40. The highest BCUT2D eigenvalue weighted by Gasteiger charge is 2.51. The van der Waals surface area contributed by atoms with Crippen LogP contribution in [-0.4, -0.2) is 36.2 Å². The highest BCUT2D eigenvalue weighted by molar-refractivity contribution is 7.54. The van der Waals surface area contributed by atoms with Crippen molar-refractivity contribution in [2.45, 2.75) is 73.6 Å². The zero-order chi connectivity index (χ0) is 18.3. The predicted molar refractivity (Wildman–Crippen MR) is 95.1 cm³/mol. The molecule has 0 aromatic heterocycles. The molecular weight excluding hydrogens is 313 g/mol. The van der Waals surface area contributed by atoms with E-state index in [1.165, 1.54) is 0 Å². The van der Waals surface area contributed by atoms with Crippen molar-refractivity contribution in [1.29, 1.82) is 0 Å². The molecule has 136 valence electrons. The quantitative estimate of drug-likeness (QED) is 0.362. The van der Waals surface area contributed by atoms with Gasteiger partial charge in [0, 0.05) is 5.54 Å². The van der Waals surface area contributed by atoms with E-state index in [2.05, 4.69) is 11.8 Å². The predicted octanol–water partition coefficient (Wildman–Crippen LogP) is 4.68. The Morgan fingerprint density at radius 3 is 1.83 bits per heavy atom. The van der Waals surface area contributed by atoms with Gasteiger partial charge in [-0.25, -0.2) is 0 Å². The van der Waals surface area contributed by atoms with Crippen molar-refractivity contribution in [3.8, 4) is 11.8 Å². The lowest BCUT2D eigenvalue weighted by molar-refractivity contribution is -0.228. The van der Waals surface area contributed by atoms with Crippen molar-refractivity contribution >= 4 is 7.60 Å². The Hall–Kier alpha value is -0.370. The Labute approximate surface area is 142 Å². The van der Waals surface area contributed by atoms with E-state index in [4.69, 9.17) is 13.9 Å². The Bertz CT molecular complexity index is 444. The first-order valence-electron chi connectivity index (χ1n) is 8.14. The van der Waals surface area contributed by atoms with Gasteiger partial charge in [0.15, 0.2) is 0 Å². The fourth-order valence-electron chi connectivity index (χ4n) is 2.30. The third kappa shape index (κ3) is 6.95. The van der Waals surface area contributed by atoms with E-state index in [1.54, 1.807) is 12.0 Å². The second kappa shape index (κ2) is 9.20. The summed E-state index contributed by atoms with van der Waals surface area (Å²) in [5, 5.41) is 1.74. The van der Waals surface area contributed by atoms with E-state index in [-0.39, 0.29) is 12.0 Å². The number of hydroxylamine groups is 2. The highest BCUT2D eigenvalue weighted by Crippen LogP contribution is 2.60. The van der Waals surface area contributed by atoms with Crippen LogP contribution in [0, 0.1) is 17.3 Å². The number of nitrogens with zero attached hydrogens (tertiary/aromatic N) is 1. The van der Waals surface area contributed by atoms with Crippen LogP contribution in [0.1, 0.15) is 62.3 Å². The summed E-state index contributed by atoms with van der Waals surface area (Å²) in [5.74, 6) is 5.15. The maximum absolute atomic E-state index is 13.5. The minimum absolute atomic E-state index is 0.235. The molecule has 0 amide bonds. The Balaban J connectivity index is 5.95. The van der Waals surface area contributed by atoms with E-state index in [1.807, 2.05) is 55.4 Å². The maximum atomic E-state index is 13.5.